The predicted octanol–water partition coefficient (Wildman–Crippen LogP) is 6.12. The van der Waals surface area contributed by atoms with Gasteiger partial charge in [-0.2, -0.15) is 5.10 Å². The Morgan fingerprint density at radius 3 is 1.69 bits per heavy atom. The third kappa shape index (κ3) is 12.7. The van der Waals surface area contributed by atoms with Gasteiger partial charge in [-0.3, -0.25) is 37.5 Å². The van der Waals surface area contributed by atoms with E-state index >= 15 is 0 Å². The van der Waals surface area contributed by atoms with Gasteiger partial charge in [0.2, 0.25) is 0 Å². The van der Waals surface area contributed by atoms with Crippen LogP contribution >= 0.6 is 0 Å². The van der Waals surface area contributed by atoms with E-state index in [1.165, 1.54) is 0 Å². The topological polar surface area (TPSA) is 245 Å². The van der Waals surface area contributed by atoms with Crippen molar-refractivity contribution in [2.45, 2.75) is 93.5 Å². The summed E-state index contributed by atoms with van der Waals surface area (Å²) in [6, 6.07) is 21.7. The molecule has 3 fully saturated rings. The first-order chi connectivity index (χ1) is 44.9. The Morgan fingerprint density at radius 1 is 0.516 bits per heavy atom. The van der Waals surface area contributed by atoms with Gasteiger partial charge in [0.05, 0.1) is 81.8 Å². The van der Waals surface area contributed by atoms with Gasteiger partial charge in [0.1, 0.15) is 33.9 Å². The van der Waals surface area contributed by atoms with Crippen molar-refractivity contribution in [1.29, 1.82) is 0 Å². The highest BCUT2D eigenvalue weighted by atomic mass is 16.3. The average molecular weight is 1250 g/mol. The summed E-state index contributed by atoms with van der Waals surface area (Å²) in [4.78, 5) is 76.1. The van der Waals surface area contributed by atoms with Crippen molar-refractivity contribution in [2.75, 3.05) is 86.8 Å². The monoisotopic (exact) mass is 1250 g/mol. The van der Waals surface area contributed by atoms with Crippen LogP contribution in [0.1, 0.15) is 67.2 Å². The summed E-state index contributed by atoms with van der Waals surface area (Å²) in [6.45, 7) is 27.3. The molecule has 3 aliphatic heterocycles. The maximum atomic E-state index is 13.1. The van der Waals surface area contributed by atoms with Gasteiger partial charge >= 0.3 is 0 Å². The Hall–Kier alpha value is -9.72. The molecule has 3 saturated heterocycles. The Labute approximate surface area is 536 Å². The second-order valence-corrected chi connectivity index (χ2v) is 25.0. The number of aliphatic hydroxyl groups excluding tert-OH is 2. The number of pyridine rings is 5. The van der Waals surface area contributed by atoms with Gasteiger partial charge in [-0.05, 0) is 121 Å². The van der Waals surface area contributed by atoms with Gasteiger partial charge in [-0.15, -0.1) is 0 Å². The zero-order valence-corrected chi connectivity index (χ0v) is 54.1. The average Bonchev–Trinajstić information content (AvgIpc) is 1.82. The molecule has 0 radical (unpaired) electrons. The van der Waals surface area contributed by atoms with E-state index in [-0.39, 0.29) is 29.9 Å². The number of anilines is 3. The molecule has 93 heavy (non-hydrogen) atoms. The third-order valence-electron chi connectivity index (χ3n) is 17.8. The molecule has 480 valence electrons. The first kappa shape index (κ1) is 62.1. The van der Waals surface area contributed by atoms with Crippen molar-refractivity contribution >= 4 is 50.8 Å². The lowest BCUT2D eigenvalue weighted by Gasteiger charge is -2.40. The van der Waals surface area contributed by atoms with Gasteiger partial charge in [0.15, 0.2) is 0 Å². The number of fused-ring (bicyclic) bond motifs is 6. The number of nitrogens with one attached hydrogen (secondary N) is 2. The smallest absolute Gasteiger partial charge is 0.258 e. The molecule has 0 aromatic carbocycles. The lowest BCUT2D eigenvalue weighted by atomic mass is 10.1. The Kier molecular flexibility index (Phi) is 17.2. The SMILES string of the molecule is CCc1cc(-c2cc(=O)n3cc(N4C[C@@H](C)N[C@@H](C)C4)ccc3n2)cn2cc(C)nc12.Cc1cn2cc(-c3cc(=O)n4cc(N5CCNCC5)ccc4n3)cc(CO)c2n1.Cc1cn2nc(-c3cc(=O)n4cc(N5CCN(CCO)[C@H](C)C5)cc(C)c4n3)cc2c(C)n1. The minimum atomic E-state index is -0.131. The molecular weight excluding hydrogens is 1170 g/mol. The van der Waals surface area contributed by atoms with Crippen molar-refractivity contribution in [3.8, 4) is 33.9 Å². The maximum absolute atomic E-state index is 13.1. The second kappa shape index (κ2) is 25.8. The molecule has 0 unspecified atom stereocenters. The molecule has 0 aliphatic carbocycles. The van der Waals surface area contributed by atoms with E-state index < -0.39 is 0 Å². The van der Waals surface area contributed by atoms with E-state index in [2.05, 4.69) is 96.2 Å². The fourth-order valence-electron chi connectivity index (χ4n) is 13.3. The number of aryl methyl sites for hydroxylation is 6. The number of rotatable bonds is 10. The molecule has 12 aromatic heterocycles. The zero-order valence-electron chi connectivity index (χ0n) is 54.1. The number of nitrogens with zero attached hydrogens (tertiary/aromatic N) is 17. The summed E-state index contributed by atoms with van der Waals surface area (Å²) in [5.41, 5.74) is 17.8. The van der Waals surface area contributed by atoms with Crippen LogP contribution in [0.3, 0.4) is 0 Å². The maximum Gasteiger partial charge on any atom is 0.258 e. The van der Waals surface area contributed by atoms with Crippen LogP contribution in [0, 0.1) is 34.6 Å². The van der Waals surface area contributed by atoms with Gasteiger partial charge in [-0.25, -0.2) is 29.4 Å². The normalized spacial score (nSPS) is 17.2. The minimum Gasteiger partial charge on any atom is -0.395 e. The molecule has 12 aromatic rings. The molecule has 15 rings (SSSR count). The van der Waals surface area contributed by atoms with Gasteiger partial charge < -0.3 is 44.3 Å². The van der Waals surface area contributed by atoms with Crippen LogP contribution in [0.5, 0.6) is 0 Å². The number of piperazine rings is 3. The van der Waals surface area contributed by atoms with Crippen LogP contribution in [0.2, 0.25) is 0 Å². The molecule has 4 N–H and O–H groups in total. The number of hydrogen-bond acceptors (Lipinski definition) is 18. The summed E-state index contributed by atoms with van der Waals surface area (Å²) in [7, 11) is 0. The largest absolute Gasteiger partial charge is 0.395 e. The number of β-amino-alcohol motifs (C(OH)–C–C–N with tert-alkyl or cyclic N) is 1. The Balaban J connectivity index is 0.000000127. The van der Waals surface area contributed by atoms with Crippen LogP contribution < -0.4 is 42.0 Å². The van der Waals surface area contributed by atoms with Crippen LogP contribution in [0.4, 0.5) is 17.1 Å². The molecule has 0 saturated carbocycles. The molecule has 3 atom stereocenters. The fraction of sp³-hybridized carbons (Fsp3) is 0.362. The molecule has 0 amide bonds. The quantitative estimate of drug-likeness (QED) is 0.121. The van der Waals surface area contributed by atoms with E-state index in [1.54, 1.807) is 35.9 Å². The van der Waals surface area contributed by atoms with Gasteiger partial charge in [0.25, 0.3) is 16.7 Å². The van der Waals surface area contributed by atoms with E-state index in [0.29, 0.717) is 75.6 Å². The molecule has 24 nitrogen and oxygen atoms in total. The summed E-state index contributed by atoms with van der Waals surface area (Å²) >= 11 is 0. The summed E-state index contributed by atoms with van der Waals surface area (Å²) < 4.78 is 10.6. The molecule has 15 heterocycles. The molecule has 0 spiro atoms. The Bertz CT molecular complexity index is 4990. The van der Waals surface area contributed by atoms with Crippen molar-refractivity contribution in [3.63, 3.8) is 0 Å². The Morgan fingerprint density at radius 2 is 1.09 bits per heavy atom. The fourth-order valence-corrected chi connectivity index (χ4v) is 13.3. The highest BCUT2D eigenvalue weighted by Crippen LogP contribution is 2.28. The lowest BCUT2D eigenvalue weighted by Crippen LogP contribution is -2.54. The van der Waals surface area contributed by atoms with Crippen LogP contribution in [0.25, 0.3) is 67.7 Å². The number of hydrogen-bond donors (Lipinski definition) is 4. The number of aromatic nitrogens is 13. The summed E-state index contributed by atoms with van der Waals surface area (Å²) in [5.74, 6) is 0. The first-order valence-corrected chi connectivity index (χ1v) is 32.0. The van der Waals surface area contributed by atoms with Crippen molar-refractivity contribution in [1.82, 2.24) is 77.1 Å². The summed E-state index contributed by atoms with van der Waals surface area (Å²) in [5, 5.41) is 30.5. The molecular formula is C69H79N19O5. The van der Waals surface area contributed by atoms with Crippen LogP contribution in [-0.4, -0.2) is 167 Å². The lowest BCUT2D eigenvalue weighted by molar-refractivity contribution is 0.146. The molecule has 0 bridgehead atoms. The van der Waals surface area contributed by atoms with Gasteiger partial charge in [0, 0.05) is 162 Å². The third-order valence-corrected chi connectivity index (χ3v) is 17.8. The van der Waals surface area contributed by atoms with Gasteiger partial charge in [-0.1, -0.05) is 6.92 Å². The zero-order chi connectivity index (χ0) is 64.9. The van der Waals surface area contributed by atoms with Crippen molar-refractivity contribution < 1.29 is 10.2 Å². The van der Waals surface area contributed by atoms with Crippen LogP contribution in [0.15, 0.2) is 131 Å². The van der Waals surface area contributed by atoms with Crippen molar-refractivity contribution in [3.05, 3.63) is 187 Å². The minimum absolute atomic E-state index is 0.0713. The highest BCUT2D eigenvalue weighted by Gasteiger charge is 2.26. The van der Waals surface area contributed by atoms with E-state index in [4.69, 9.17) is 15.0 Å². The number of imidazole rings is 2. The van der Waals surface area contributed by atoms with E-state index in [1.807, 2.05) is 123 Å². The summed E-state index contributed by atoms with van der Waals surface area (Å²) in [6.07, 6.45) is 16.2. The van der Waals surface area contributed by atoms with Crippen LogP contribution in [-0.2, 0) is 13.0 Å². The number of aliphatic hydroxyl groups is 2. The van der Waals surface area contributed by atoms with E-state index in [9.17, 15) is 24.6 Å². The standard InChI is InChI=1S/C24H29N7O2.C24H28N6O.C21H22N6O2/c1-15-9-19(29-6-5-28(7-8-32)17(3)13-29)14-30-23(33)11-20(26-24(15)30)21-10-22-18(4)25-16(2)12-31(22)27-21;1-5-18-8-19(13-29-12-17(4)26-24(18)29)21-9-23(31)30-14-20(6-7-22(30)27-21)28-10-15(2)25-16(3)11-28;1-14-10-26-11-15(8-16(13-28)21(26)23-14)18-9-20(29)27-12-17(2-3-19(27)24-18)25-6-4-22-5-7-25/h9-12,14,17,32H,5-8,13H2,1-4H3;6-9,12-16,25H,5,10-11H2,1-4H3;2-3,8-12,22,28H,4-7,13H2,1H3/t17-;15-,16+;/m1../s1. The molecule has 24 heteroatoms. The van der Waals surface area contributed by atoms with E-state index in [0.717, 1.165) is 139 Å². The first-order valence-electron chi connectivity index (χ1n) is 32.0. The second-order valence-electron chi connectivity index (χ2n) is 25.0. The highest BCUT2D eigenvalue weighted by molar-refractivity contribution is 5.70. The predicted molar refractivity (Wildman–Crippen MR) is 363 cm³/mol. The van der Waals surface area contributed by atoms with Crippen molar-refractivity contribution in [2.24, 2.45) is 0 Å². The molecule has 3 aliphatic rings.